The lowest BCUT2D eigenvalue weighted by atomic mass is 9.96. The Bertz CT molecular complexity index is 215. The van der Waals surface area contributed by atoms with Gasteiger partial charge in [0.1, 0.15) is 0 Å². The number of likely N-dealkylation sites (tertiary alicyclic amines) is 1. The van der Waals surface area contributed by atoms with E-state index in [0.717, 1.165) is 6.54 Å². The Labute approximate surface area is 79.0 Å². The van der Waals surface area contributed by atoms with Crippen molar-refractivity contribution in [2.75, 3.05) is 27.2 Å². The molecule has 1 rings (SSSR count). The van der Waals surface area contributed by atoms with Crippen molar-refractivity contribution in [1.29, 1.82) is 0 Å². The topological polar surface area (TPSA) is 49.6 Å². The first-order valence-corrected chi connectivity index (χ1v) is 4.39. The van der Waals surface area contributed by atoms with Gasteiger partial charge in [0.15, 0.2) is 0 Å². The van der Waals surface area contributed by atoms with Crippen molar-refractivity contribution in [2.45, 2.75) is 12.1 Å². The molecule has 4 nitrogen and oxygen atoms in total. The maximum absolute atomic E-state index is 11.3. The quantitative estimate of drug-likeness (QED) is 0.587. The van der Waals surface area contributed by atoms with Crippen molar-refractivity contribution in [3.8, 4) is 0 Å². The van der Waals surface area contributed by atoms with Crippen LogP contribution in [0.1, 0.15) is 0 Å². The Balaban J connectivity index is 2.50. The van der Waals surface area contributed by atoms with Crippen LogP contribution in [0.2, 0.25) is 0 Å². The molecule has 0 bridgehead atoms. The molecule has 13 heavy (non-hydrogen) atoms. The second-order valence-electron chi connectivity index (χ2n) is 3.69. The van der Waals surface area contributed by atoms with Gasteiger partial charge in [-0.3, -0.25) is 4.79 Å². The van der Waals surface area contributed by atoms with Crippen molar-refractivity contribution in [3.63, 3.8) is 0 Å². The molecule has 1 aliphatic rings. The van der Waals surface area contributed by atoms with E-state index in [-0.39, 0.29) is 18.0 Å². The van der Waals surface area contributed by atoms with Gasteiger partial charge in [-0.1, -0.05) is 6.58 Å². The Morgan fingerprint density at radius 2 is 2.38 bits per heavy atom. The normalized spacial score (nSPS) is 27.2. The number of carbonyl (C=O) groups excluding carboxylic acids is 1. The molecule has 0 aromatic carbocycles. The van der Waals surface area contributed by atoms with Crippen LogP contribution in [0.3, 0.4) is 0 Å². The molecule has 1 aliphatic heterocycles. The van der Waals surface area contributed by atoms with Crippen molar-refractivity contribution in [3.05, 3.63) is 12.7 Å². The van der Waals surface area contributed by atoms with Gasteiger partial charge < -0.3 is 15.5 Å². The predicted octanol–water partition coefficient (Wildman–Crippen LogP) is -0.728. The minimum Gasteiger partial charge on any atom is -0.332 e. The molecule has 2 atom stereocenters. The monoisotopic (exact) mass is 183 g/mol. The first-order valence-electron chi connectivity index (χ1n) is 4.39. The number of nitrogens with zero attached hydrogens (tertiary/aromatic N) is 2. The second kappa shape index (κ2) is 3.89. The van der Waals surface area contributed by atoms with E-state index in [1.54, 1.807) is 4.90 Å². The van der Waals surface area contributed by atoms with Crippen LogP contribution in [0.25, 0.3) is 0 Å². The molecule has 0 radical (unpaired) electrons. The van der Waals surface area contributed by atoms with Crippen LogP contribution in [0.5, 0.6) is 0 Å². The lowest BCUT2D eigenvalue weighted by Crippen LogP contribution is -2.68. The summed E-state index contributed by atoms with van der Waals surface area (Å²) in [6.45, 7) is 4.93. The molecule has 0 aromatic rings. The first-order chi connectivity index (χ1) is 6.06. The van der Waals surface area contributed by atoms with Crippen LogP contribution in [0.15, 0.2) is 12.7 Å². The zero-order valence-corrected chi connectivity index (χ0v) is 8.23. The summed E-state index contributed by atoms with van der Waals surface area (Å²) in [6, 6.07) is 0.270. The first kappa shape index (κ1) is 10.2. The lowest BCUT2D eigenvalue weighted by molar-refractivity contribution is -0.135. The molecule has 1 amide bonds. The smallest absolute Gasteiger partial charge is 0.246 e. The van der Waals surface area contributed by atoms with E-state index >= 15 is 0 Å². The fourth-order valence-corrected chi connectivity index (χ4v) is 1.56. The average molecular weight is 183 g/mol. The van der Waals surface area contributed by atoms with Crippen molar-refractivity contribution >= 4 is 5.91 Å². The van der Waals surface area contributed by atoms with Crippen LogP contribution < -0.4 is 5.73 Å². The predicted molar refractivity (Wildman–Crippen MR) is 52.2 cm³/mol. The minimum absolute atomic E-state index is 0.0199. The fraction of sp³-hybridized carbons (Fsp3) is 0.667. The highest BCUT2D eigenvalue weighted by molar-refractivity contribution is 5.88. The summed E-state index contributed by atoms with van der Waals surface area (Å²) in [7, 11) is 3.95. The number of likely N-dealkylation sites (N-methyl/N-ethyl adjacent to an activating group) is 1. The van der Waals surface area contributed by atoms with Gasteiger partial charge in [-0.25, -0.2) is 0 Å². The average Bonchev–Trinajstić information content (AvgIpc) is 2.09. The van der Waals surface area contributed by atoms with Crippen LogP contribution in [-0.2, 0) is 4.79 Å². The number of amides is 1. The third-order valence-electron chi connectivity index (χ3n) is 2.31. The van der Waals surface area contributed by atoms with E-state index in [0.29, 0.717) is 6.54 Å². The third kappa shape index (κ3) is 2.08. The van der Waals surface area contributed by atoms with Gasteiger partial charge in [-0.15, -0.1) is 0 Å². The SMILES string of the molecule is C=CC(=O)N1CC(N)C1CN(C)C. The van der Waals surface area contributed by atoms with Crippen LogP contribution >= 0.6 is 0 Å². The Morgan fingerprint density at radius 1 is 1.77 bits per heavy atom. The summed E-state index contributed by atoms with van der Waals surface area (Å²) < 4.78 is 0. The molecule has 0 saturated carbocycles. The Morgan fingerprint density at radius 3 is 2.77 bits per heavy atom. The highest BCUT2D eigenvalue weighted by Gasteiger charge is 2.38. The van der Waals surface area contributed by atoms with Crippen molar-refractivity contribution in [1.82, 2.24) is 9.80 Å². The van der Waals surface area contributed by atoms with Crippen LogP contribution in [0.4, 0.5) is 0 Å². The van der Waals surface area contributed by atoms with Gasteiger partial charge >= 0.3 is 0 Å². The van der Waals surface area contributed by atoms with Gasteiger partial charge in [-0.2, -0.15) is 0 Å². The summed E-state index contributed by atoms with van der Waals surface area (Å²) in [5.74, 6) is -0.0199. The van der Waals surface area contributed by atoms with Gasteiger partial charge in [-0.05, 0) is 20.2 Å². The number of nitrogens with two attached hydrogens (primary N) is 1. The zero-order valence-electron chi connectivity index (χ0n) is 8.23. The second-order valence-corrected chi connectivity index (χ2v) is 3.69. The molecule has 74 valence electrons. The fourth-order valence-electron chi connectivity index (χ4n) is 1.56. The van der Waals surface area contributed by atoms with Crippen LogP contribution in [0, 0.1) is 0 Å². The van der Waals surface area contributed by atoms with Gasteiger partial charge in [0.2, 0.25) is 5.91 Å². The maximum atomic E-state index is 11.3. The number of carbonyl (C=O) groups is 1. The van der Waals surface area contributed by atoms with Crippen LogP contribution in [-0.4, -0.2) is 55.0 Å². The van der Waals surface area contributed by atoms with Gasteiger partial charge in [0.25, 0.3) is 0 Å². The summed E-state index contributed by atoms with van der Waals surface area (Å²) in [6.07, 6.45) is 1.34. The van der Waals surface area contributed by atoms with Gasteiger partial charge in [0, 0.05) is 19.1 Å². The van der Waals surface area contributed by atoms with E-state index in [4.69, 9.17) is 5.73 Å². The molecule has 1 heterocycles. The minimum atomic E-state index is -0.0199. The van der Waals surface area contributed by atoms with E-state index < -0.39 is 0 Å². The summed E-state index contributed by atoms with van der Waals surface area (Å²) in [5.41, 5.74) is 5.80. The maximum Gasteiger partial charge on any atom is 0.246 e. The summed E-state index contributed by atoms with van der Waals surface area (Å²) in [5, 5.41) is 0. The van der Waals surface area contributed by atoms with E-state index in [2.05, 4.69) is 6.58 Å². The third-order valence-corrected chi connectivity index (χ3v) is 2.31. The number of hydrogen-bond acceptors (Lipinski definition) is 3. The standard InChI is InChI=1S/C9H17N3O/c1-4-9(13)12-5-7(10)8(12)6-11(2)3/h4,7-8H,1,5-6,10H2,2-3H3. The molecule has 1 fully saturated rings. The summed E-state index contributed by atoms with van der Waals surface area (Å²) >= 11 is 0. The van der Waals surface area contributed by atoms with E-state index in [1.165, 1.54) is 6.08 Å². The molecule has 0 aliphatic carbocycles. The number of rotatable bonds is 3. The van der Waals surface area contributed by atoms with Crippen molar-refractivity contribution in [2.24, 2.45) is 5.73 Å². The molecule has 2 N–H and O–H groups in total. The van der Waals surface area contributed by atoms with Gasteiger partial charge in [0.05, 0.1) is 6.04 Å². The molecule has 2 unspecified atom stereocenters. The molecular formula is C9H17N3O. The Kier molecular flexibility index (Phi) is 3.06. The van der Waals surface area contributed by atoms with E-state index in [9.17, 15) is 4.79 Å². The van der Waals surface area contributed by atoms with E-state index in [1.807, 2.05) is 19.0 Å². The van der Waals surface area contributed by atoms with Crippen molar-refractivity contribution < 1.29 is 4.79 Å². The summed E-state index contributed by atoms with van der Waals surface area (Å²) in [4.78, 5) is 15.1. The molecular weight excluding hydrogens is 166 g/mol. The molecule has 0 spiro atoms. The largest absolute Gasteiger partial charge is 0.332 e. The molecule has 4 heteroatoms. The molecule has 0 aromatic heterocycles. The molecule has 1 saturated heterocycles. The zero-order chi connectivity index (χ0) is 10.0. The Hall–Kier alpha value is -0.870. The highest BCUT2D eigenvalue weighted by atomic mass is 16.2. The highest BCUT2D eigenvalue weighted by Crippen LogP contribution is 2.17. The number of hydrogen-bond donors (Lipinski definition) is 1. The lowest BCUT2D eigenvalue weighted by Gasteiger charge is -2.46.